The lowest BCUT2D eigenvalue weighted by atomic mass is 10.1. The number of likely N-dealkylation sites (N-methyl/N-ethyl adjacent to an activating group) is 1. The van der Waals surface area contributed by atoms with Crippen LogP contribution in [0.1, 0.15) is 31.7 Å². The van der Waals surface area contributed by atoms with Crippen LogP contribution in [-0.2, 0) is 16.0 Å². The highest BCUT2D eigenvalue weighted by molar-refractivity contribution is 5.76. The molecule has 0 radical (unpaired) electrons. The monoisotopic (exact) mass is 463 g/mol. The number of aliphatic hydroxyl groups is 2. The van der Waals surface area contributed by atoms with Gasteiger partial charge in [-0.25, -0.2) is 0 Å². The van der Waals surface area contributed by atoms with Crippen LogP contribution in [0.4, 0.5) is 0 Å². The minimum absolute atomic E-state index is 0.0621. The highest BCUT2D eigenvalue weighted by Gasteiger charge is 2.22. The molecule has 1 aromatic carbocycles. The van der Waals surface area contributed by atoms with Gasteiger partial charge in [-0.05, 0) is 37.4 Å². The molecule has 2 atom stereocenters. The van der Waals surface area contributed by atoms with Crippen molar-refractivity contribution < 1.29 is 24.5 Å². The molecule has 0 spiro atoms. The molecule has 2 N–H and O–H groups in total. The Kier molecular flexibility index (Phi) is 10.9. The van der Waals surface area contributed by atoms with Gasteiger partial charge in [-0.1, -0.05) is 25.1 Å². The van der Waals surface area contributed by atoms with Crippen molar-refractivity contribution in [1.29, 1.82) is 0 Å². The molecule has 8 heteroatoms. The van der Waals surface area contributed by atoms with Crippen LogP contribution in [0, 0.1) is 0 Å². The first kappa shape index (κ1) is 25.9. The van der Waals surface area contributed by atoms with Gasteiger partial charge in [0.25, 0.3) is 0 Å². The number of hydrogen-bond acceptors (Lipinski definition) is 7. The van der Waals surface area contributed by atoms with Crippen molar-refractivity contribution in [1.82, 2.24) is 14.7 Å². The predicted octanol–water partition coefficient (Wildman–Crippen LogP) is 0.996. The van der Waals surface area contributed by atoms with E-state index in [2.05, 4.69) is 16.7 Å². The molecule has 0 aromatic heterocycles. The molecule has 0 aliphatic carbocycles. The van der Waals surface area contributed by atoms with Crippen LogP contribution >= 0.6 is 0 Å². The van der Waals surface area contributed by atoms with Gasteiger partial charge in [0, 0.05) is 52.3 Å². The third-order valence-electron chi connectivity index (χ3n) is 6.66. The standard InChI is InChI=1S/C25H41N3O5/c1-2-26-13-15-27(16-14-26)11-10-25(31)28-12-9-22(29)23(30)20-32-18-5-7-21-6-3-4-8-24(21)33-19-17-28/h3-4,6,8,22-23,29-30H,2,5,7,9-20H2,1H3/t22-,23+/m0/s1. The van der Waals surface area contributed by atoms with Crippen molar-refractivity contribution in [3.8, 4) is 5.75 Å². The molecular weight excluding hydrogens is 422 g/mol. The summed E-state index contributed by atoms with van der Waals surface area (Å²) in [5, 5.41) is 20.6. The number of aliphatic hydroxyl groups excluding tert-OH is 2. The smallest absolute Gasteiger partial charge is 0.223 e. The third kappa shape index (κ3) is 8.54. The molecule has 1 amide bonds. The third-order valence-corrected chi connectivity index (χ3v) is 6.66. The summed E-state index contributed by atoms with van der Waals surface area (Å²) in [7, 11) is 0. The molecule has 1 aromatic rings. The summed E-state index contributed by atoms with van der Waals surface area (Å²) in [5.41, 5.74) is 1.11. The molecule has 1 saturated heterocycles. The fourth-order valence-electron chi connectivity index (χ4n) is 4.38. The zero-order valence-corrected chi connectivity index (χ0v) is 20.0. The van der Waals surface area contributed by atoms with E-state index in [1.54, 1.807) is 4.90 Å². The van der Waals surface area contributed by atoms with Crippen LogP contribution < -0.4 is 4.74 Å². The van der Waals surface area contributed by atoms with E-state index in [0.717, 1.165) is 63.4 Å². The zero-order chi connectivity index (χ0) is 23.5. The van der Waals surface area contributed by atoms with Crippen LogP contribution in [0.5, 0.6) is 5.75 Å². The van der Waals surface area contributed by atoms with Crippen molar-refractivity contribution in [2.24, 2.45) is 0 Å². The molecular formula is C25H41N3O5. The van der Waals surface area contributed by atoms with E-state index < -0.39 is 12.2 Å². The van der Waals surface area contributed by atoms with E-state index in [0.29, 0.717) is 39.1 Å². The number of fused-ring (bicyclic) bond motifs is 1. The Bertz CT molecular complexity index is 711. The number of ether oxygens (including phenoxy) is 2. The van der Waals surface area contributed by atoms with Gasteiger partial charge in [0.2, 0.25) is 5.91 Å². The van der Waals surface area contributed by atoms with Gasteiger partial charge >= 0.3 is 0 Å². The van der Waals surface area contributed by atoms with E-state index in [1.807, 2.05) is 24.3 Å². The van der Waals surface area contributed by atoms with Gasteiger partial charge in [-0.2, -0.15) is 0 Å². The number of carbonyl (C=O) groups excluding carboxylic acids is 1. The molecule has 33 heavy (non-hydrogen) atoms. The number of para-hydroxylation sites is 1. The maximum atomic E-state index is 13.1. The van der Waals surface area contributed by atoms with E-state index in [4.69, 9.17) is 9.47 Å². The lowest BCUT2D eigenvalue weighted by molar-refractivity contribution is -0.132. The lowest BCUT2D eigenvalue weighted by Crippen LogP contribution is -2.47. The molecule has 8 nitrogen and oxygen atoms in total. The second-order valence-corrected chi connectivity index (χ2v) is 8.96. The average molecular weight is 464 g/mol. The Morgan fingerprint density at radius 3 is 2.55 bits per heavy atom. The van der Waals surface area contributed by atoms with Crippen molar-refractivity contribution >= 4 is 5.91 Å². The Morgan fingerprint density at radius 1 is 1.00 bits per heavy atom. The SMILES string of the molecule is CCN1CCN(CCC(=O)N2CCOc3ccccc3CCCOC[C@@H](O)[C@@H](O)CC2)CC1. The molecule has 0 unspecified atom stereocenters. The second-order valence-electron chi connectivity index (χ2n) is 8.96. The molecule has 2 aliphatic heterocycles. The maximum absolute atomic E-state index is 13.1. The number of amides is 1. The zero-order valence-electron chi connectivity index (χ0n) is 20.0. The topological polar surface area (TPSA) is 85.7 Å². The minimum Gasteiger partial charge on any atom is -0.491 e. The first-order valence-corrected chi connectivity index (χ1v) is 12.4. The Balaban J connectivity index is 1.58. The van der Waals surface area contributed by atoms with Crippen molar-refractivity contribution in [2.45, 2.75) is 44.8 Å². The highest BCUT2D eigenvalue weighted by Crippen LogP contribution is 2.20. The van der Waals surface area contributed by atoms with Crippen LogP contribution in [0.3, 0.4) is 0 Å². The fraction of sp³-hybridized carbons (Fsp3) is 0.720. The van der Waals surface area contributed by atoms with Crippen molar-refractivity contribution in [3.63, 3.8) is 0 Å². The predicted molar refractivity (Wildman–Crippen MR) is 127 cm³/mol. The number of piperazine rings is 1. The number of rotatable bonds is 4. The normalized spacial score (nSPS) is 24.9. The van der Waals surface area contributed by atoms with Crippen LogP contribution in [0.25, 0.3) is 0 Å². The van der Waals surface area contributed by atoms with E-state index in [1.165, 1.54) is 0 Å². The van der Waals surface area contributed by atoms with E-state index in [9.17, 15) is 15.0 Å². The van der Waals surface area contributed by atoms with Crippen LogP contribution in [0.2, 0.25) is 0 Å². The number of benzene rings is 1. The van der Waals surface area contributed by atoms with Gasteiger partial charge < -0.3 is 34.4 Å². The highest BCUT2D eigenvalue weighted by atomic mass is 16.5. The molecule has 0 bridgehead atoms. The first-order chi connectivity index (χ1) is 16.1. The Labute approximate surface area is 198 Å². The van der Waals surface area contributed by atoms with Gasteiger partial charge in [0.1, 0.15) is 18.5 Å². The van der Waals surface area contributed by atoms with Gasteiger partial charge in [0.05, 0.1) is 19.3 Å². The van der Waals surface area contributed by atoms with Gasteiger partial charge in [-0.15, -0.1) is 0 Å². The largest absolute Gasteiger partial charge is 0.491 e. The Hall–Kier alpha value is -1.71. The van der Waals surface area contributed by atoms with Gasteiger partial charge in [0.15, 0.2) is 0 Å². The molecule has 1 fully saturated rings. The fourth-order valence-corrected chi connectivity index (χ4v) is 4.38. The maximum Gasteiger partial charge on any atom is 0.223 e. The first-order valence-electron chi connectivity index (χ1n) is 12.4. The quantitative estimate of drug-likeness (QED) is 0.689. The number of aryl methyl sites for hydroxylation is 1. The number of carbonyl (C=O) groups is 1. The average Bonchev–Trinajstić information content (AvgIpc) is 2.85. The molecule has 2 aliphatic rings. The summed E-state index contributed by atoms with van der Waals surface area (Å²) in [6.07, 6.45) is 0.492. The summed E-state index contributed by atoms with van der Waals surface area (Å²) in [6.45, 7) is 9.92. The Morgan fingerprint density at radius 2 is 1.76 bits per heavy atom. The van der Waals surface area contributed by atoms with Crippen molar-refractivity contribution in [2.75, 3.05) is 72.2 Å². The van der Waals surface area contributed by atoms with Crippen molar-refractivity contribution in [3.05, 3.63) is 29.8 Å². The van der Waals surface area contributed by atoms with E-state index in [-0.39, 0.29) is 12.5 Å². The summed E-state index contributed by atoms with van der Waals surface area (Å²) in [4.78, 5) is 19.6. The molecule has 2 heterocycles. The van der Waals surface area contributed by atoms with Crippen LogP contribution in [-0.4, -0.2) is 115 Å². The van der Waals surface area contributed by atoms with E-state index >= 15 is 0 Å². The molecule has 0 saturated carbocycles. The van der Waals surface area contributed by atoms with Gasteiger partial charge in [-0.3, -0.25) is 4.79 Å². The number of nitrogens with zero attached hydrogens (tertiary/aromatic N) is 3. The molecule has 186 valence electrons. The minimum atomic E-state index is -0.953. The summed E-state index contributed by atoms with van der Waals surface area (Å²) in [5.74, 6) is 0.903. The summed E-state index contributed by atoms with van der Waals surface area (Å²) < 4.78 is 11.6. The second kappa shape index (κ2) is 13.9. The summed E-state index contributed by atoms with van der Waals surface area (Å²) >= 11 is 0. The summed E-state index contributed by atoms with van der Waals surface area (Å²) in [6, 6.07) is 7.96. The van der Waals surface area contributed by atoms with Crippen LogP contribution in [0.15, 0.2) is 24.3 Å². The lowest BCUT2D eigenvalue weighted by Gasteiger charge is -2.34. The molecule has 3 rings (SSSR count). The number of hydrogen-bond donors (Lipinski definition) is 2.